The second kappa shape index (κ2) is 7.67. The number of ketones is 1. The molecule has 1 aliphatic rings. The fourth-order valence-electron chi connectivity index (χ4n) is 3.37. The lowest BCUT2D eigenvalue weighted by Crippen LogP contribution is -2.29. The summed E-state index contributed by atoms with van der Waals surface area (Å²) in [6.07, 6.45) is 1.47. The van der Waals surface area contributed by atoms with Crippen LogP contribution in [0.4, 0.5) is 4.39 Å². The van der Waals surface area contributed by atoms with Crippen LogP contribution in [0.5, 0.6) is 0 Å². The summed E-state index contributed by atoms with van der Waals surface area (Å²) in [5.41, 5.74) is 0.864. The number of nitrogens with zero attached hydrogens (tertiary/aromatic N) is 1. The molecule has 1 fully saturated rings. The summed E-state index contributed by atoms with van der Waals surface area (Å²) in [4.78, 5) is 27.0. The quantitative estimate of drug-likeness (QED) is 0.348. The number of furan rings is 1. The van der Waals surface area contributed by atoms with Crippen LogP contribution in [-0.2, 0) is 16.1 Å². The van der Waals surface area contributed by atoms with Gasteiger partial charge in [0.05, 0.1) is 24.4 Å². The number of aliphatic hydroxyl groups excluding tert-OH is 1. The lowest BCUT2D eigenvalue weighted by atomic mass is 9.95. The number of Topliss-reactive ketones (excluding diaryl/α,β-unsaturated/α-hetero) is 1. The van der Waals surface area contributed by atoms with E-state index in [0.717, 1.165) is 4.47 Å². The van der Waals surface area contributed by atoms with Crippen LogP contribution < -0.4 is 0 Å². The fraction of sp³-hybridized carbons (Fsp3) is 0.0909. The maximum atomic E-state index is 13.5. The number of hydrogen-bond donors (Lipinski definition) is 1. The molecule has 1 unspecified atom stereocenters. The largest absolute Gasteiger partial charge is 0.507 e. The third-order valence-electron chi connectivity index (χ3n) is 4.75. The molecule has 0 spiro atoms. The van der Waals surface area contributed by atoms with Gasteiger partial charge in [-0.1, -0.05) is 40.2 Å². The number of halogens is 2. The number of aliphatic hydroxyl groups is 1. The van der Waals surface area contributed by atoms with Crippen molar-refractivity contribution in [3.63, 3.8) is 0 Å². The van der Waals surface area contributed by atoms with E-state index in [1.54, 1.807) is 36.4 Å². The highest BCUT2D eigenvalue weighted by Gasteiger charge is 2.46. The Balaban J connectivity index is 1.86. The lowest BCUT2D eigenvalue weighted by Gasteiger charge is -2.24. The molecule has 5 nitrogen and oxygen atoms in total. The zero-order chi connectivity index (χ0) is 20.5. The van der Waals surface area contributed by atoms with Crippen molar-refractivity contribution in [2.24, 2.45) is 0 Å². The van der Waals surface area contributed by atoms with Gasteiger partial charge in [0.2, 0.25) is 0 Å². The molecule has 0 aliphatic carbocycles. The van der Waals surface area contributed by atoms with Gasteiger partial charge >= 0.3 is 0 Å². The first-order valence-electron chi connectivity index (χ1n) is 8.78. The molecule has 1 aromatic heterocycles. The number of benzene rings is 2. The molecule has 2 heterocycles. The van der Waals surface area contributed by atoms with Gasteiger partial charge in [-0.3, -0.25) is 9.59 Å². The van der Waals surface area contributed by atoms with Crippen molar-refractivity contribution in [2.75, 3.05) is 0 Å². The van der Waals surface area contributed by atoms with Crippen LogP contribution in [0, 0.1) is 5.82 Å². The van der Waals surface area contributed by atoms with Crippen LogP contribution >= 0.6 is 15.9 Å². The van der Waals surface area contributed by atoms with Crippen molar-refractivity contribution in [2.45, 2.75) is 12.6 Å². The minimum atomic E-state index is -0.871. The molecule has 0 bridgehead atoms. The number of carbonyl (C=O) groups excluding carboxylic acids is 2. The molecule has 0 saturated carbocycles. The van der Waals surface area contributed by atoms with Crippen LogP contribution in [0.25, 0.3) is 5.76 Å². The van der Waals surface area contributed by atoms with Gasteiger partial charge in [-0.2, -0.15) is 0 Å². The number of rotatable bonds is 4. The highest BCUT2D eigenvalue weighted by molar-refractivity contribution is 9.10. The first-order valence-corrected chi connectivity index (χ1v) is 9.57. The van der Waals surface area contributed by atoms with E-state index in [1.807, 2.05) is 0 Å². The van der Waals surface area contributed by atoms with Gasteiger partial charge in [0.25, 0.3) is 11.7 Å². The zero-order valence-electron chi connectivity index (χ0n) is 15.0. The molecule has 1 N–H and O–H groups in total. The van der Waals surface area contributed by atoms with E-state index in [4.69, 9.17) is 4.42 Å². The second-order valence-corrected chi connectivity index (χ2v) is 7.48. The molecule has 3 aromatic rings. The molecule has 1 atom stereocenters. The summed E-state index contributed by atoms with van der Waals surface area (Å²) in [5.74, 6) is -1.79. The number of carbonyl (C=O) groups is 2. The first kappa shape index (κ1) is 19.1. The number of likely N-dealkylation sites (tertiary alicyclic amines) is 1. The molecular formula is C22H15BrFNO4. The Morgan fingerprint density at radius 2 is 1.76 bits per heavy atom. The topological polar surface area (TPSA) is 70.8 Å². The van der Waals surface area contributed by atoms with Crippen LogP contribution in [0.3, 0.4) is 0 Å². The van der Waals surface area contributed by atoms with E-state index in [9.17, 15) is 19.1 Å². The van der Waals surface area contributed by atoms with Gasteiger partial charge in [-0.25, -0.2) is 4.39 Å². The summed E-state index contributed by atoms with van der Waals surface area (Å²) in [6.45, 7) is 0.0384. The highest BCUT2D eigenvalue weighted by atomic mass is 79.9. The average Bonchev–Trinajstić information content (AvgIpc) is 3.31. The highest BCUT2D eigenvalue weighted by Crippen LogP contribution is 2.40. The van der Waals surface area contributed by atoms with Crippen LogP contribution in [0.15, 0.2) is 81.4 Å². The smallest absolute Gasteiger partial charge is 0.296 e. The van der Waals surface area contributed by atoms with Crippen LogP contribution in [0.1, 0.15) is 22.9 Å². The summed E-state index contributed by atoms with van der Waals surface area (Å²) < 4.78 is 19.6. The van der Waals surface area contributed by atoms with E-state index in [0.29, 0.717) is 16.9 Å². The molecule has 4 rings (SSSR count). The Kier molecular flexibility index (Phi) is 5.07. The molecule has 0 radical (unpaired) electrons. The number of amides is 1. The van der Waals surface area contributed by atoms with Crippen LogP contribution in [0.2, 0.25) is 0 Å². The molecule has 2 aromatic carbocycles. The van der Waals surface area contributed by atoms with Crippen molar-refractivity contribution >= 4 is 33.4 Å². The predicted octanol–water partition coefficient (Wildman–Crippen LogP) is 4.80. The van der Waals surface area contributed by atoms with E-state index in [1.165, 1.54) is 35.4 Å². The Labute approximate surface area is 174 Å². The Morgan fingerprint density at radius 3 is 2.38 bits per heavy atom. The normalized spacial score (nSPS) is 18.4. The minimum Gasteiger partial charge on any atom is -0.507 e. The van der Waals surface area contributed by atoms with Gasteiger partial charge in [-0.15, -0.1) is 0 Å². The zero-order valence-corrected chi connectivity index (χ0v) is 16.6. The summed E-state index contributed by atoms with van der Waals surface area (Å²) >= 11 is 3.32. The van der Waals surface area contributed by atoms with E-state index in [2.05, 4.69) is 15.9 Å². The van der Waals surface area contributed by atoms with Crippen molar-refractivity contribution in [1.29, 1.82) is 0 Å². The van der Waals surface area contributed by atoms with Crippen molar-refractivity contribution in [3.8, 4) is 0 Å². The van der Waals surface area contributed by atoms with Gasteiger partial charge < -0.3 is 14.4 Å². The number of hydrogen-bond acceptors (Lipinski definition) is 4. The Hall–Kier alpha value is -3.19. The third kappa shape index (κ3) is 3.61. The molecule has 1 aliphatic heterocycles. The Bertz CT molecular complexity index is 1090. The van der Waals surface area contributed by atoms with Crippen molar-refractivity contribution in [1.82, 2.24) is 4.90 Å². The maximum absolute atomic E-state index is 13.5. The monoisotopic (exact) mass is 455 g/mol. The van der Waals surface area contributed by atoms with Crippen molar-refractivity contribution in [3.05, 3.63) is 99.7 Å². The lowest BCUT2D eigenvalue weighted by molar-refractivity contribution is -0.140. The van der Waals surface area contributed by atoms with Gasteiger partial charge in [0, 0.05) is 10.0 Å². The fourth-order valence-corrected chi connectivity index (χ4v) is 3.63. The third-order valence-corrected chi connectivity index (χ3v) is 5.28. The SMILES string of the molecule is O=C1C(=O)N(Cc2ccco2)C(c2ccc(F)cc2)C1=C(O)c1ccc(Br)cc1. The minimum absolute atomic E-state index is 0.0384. The Morgan fingerprint density at radius 1 is 1.07 bits per heavy atom. The summed E-state index contributed by atoms with van der Waals surface area (Å²) in [7, 11) is 0. The second-order valence-electron chi connectivity index (χ2n) is 6.56. The van der Waals surface area contributed by atoms with E-state index < -0.39 is 23.5 Å². The standard InChI is InChI=1S/C22H15BrFNO4/c23-15-7-3-14(4-8-15)20(26)18-19(13-5-9-16(24)10-6-13)25(22(28)21(18)27)12-17-2-1-11-29-17/h1-11,19,26H,12H2. The van der Waals surface area contributed by atoms with Gasteiger partial charge in [0.1, 0.15) is 17.3 Å². The summed E-state index contributed by atoms with van der Waals surface area (Å²) in [5, 5.41) is 10.9. The van der Waals surface area contributed by atoms with Crippen molar-refractivity contribution < 1.29 is 23.5 Å². The molecule has 146 valence electrons. The first-order chi connectivity index (χ1) is 14.0. The van der Waals surface area contributed by atoms with Gasteiger partial charge in [0.15, 0.2) is 0 Å². The predicted molar refractivity (Wildman–Crippen MR) is 107 cm³/mol. The van der Waals surface area contributed by atoms with E-state index >= 15 is 0 Å². The summed E-state index contributed by atoms with van der Waals surface area (Å²) in [6, 6.07) is 14.7. The van der Waals surface area contributed by atoms with Crippen LogP contribution in [-0.4, -0.2) is 21.7 Å². The average molecular weight is 456 g/mol. The molecular weight excluding hydrogens is 441 g/mol. The maximum Gasteiger partial charge on any atom is 0.296 e. The molecule has 1 saturated heterocycles. The van der Waals surface area contributed by atoms with Gasteiger partial charge in [-0.05, 0) is 42.0 Å². The molecule has 7 heteroatoms. The molecule has 1 amide bonds. The van der Waals surface area contributed by atoms with E-state index in [-0.39, 0.29) is 17.9 Å². The molecule has 29 heavy (non-hydrogen) atoms.